The van der Waals surface area contributed by atoms with Gasteiger partial charge in [-0.25, -0.2) is 9.59 Å². The number of piperidine rings is 1. The highest BCUT2D eigenvalue weighted by Gasteiger charge is 2.44. The number of carbonyl (C=O) groups is 2. The second-order valence-electron chi connectivity index (χ2n) is 7.85. The van der Waals surface area contributed by atoms with Crippen LogP contribution in [0.15, 0.2) is 30.3 Å². The molecule has 1 fully saturated rings. The van der Waals surface area contributed by atoms with E-state index in [4.69, 9.17) is 14.3 Å². The molecule has 6 nitrogen and oxygen atoms in total. The average Bonchev–Trinajstić information content (AvgIpc) is 2.60. The summed E-state index contributed by atoms with van der Waals surface area (Å²) in [7, 11) is 1.30. The summed E-state index contributed by atoms with van der Waals surface area (Å²) in [6, 6.07) is 8.64. The van der Waals surface area contributed by atoms with Gasteiger partial charge in [-0.3, -0.25) is 4.84 Å². The standard InChI is InChI=1S/C20H29NO5/c1-19(2)12-9-13-20(3,4)21(19)26-16(18(23)24-5)14-25-17(22)15-10-7-6-8-11-15/h6-8,10-11,16H,9,12-14H2,1-5H3. The molecule has 0 aromatic heterocycles. The first-order valence-corrected chi connectivity index (χ1v) is 8.94. The van der Waals surface area contributed by atoms with Crippen molar-refractivity contribution in [2.75, 3.05) is 13.7 Å². The lowest BCUT2D eigenvalue weighted by molar-refractivity contribution is -0.305. The van der Waals surface area contributed by atoms with E-state index in [1.54, 1.807) is 24.3 Å². The number of hydrogen-bond donors (Lipinski definition) is 0. The van der Waals surface area contributed by atoms with Crippen molar-refractivity contribution in [3.8, 4) is 0 Å². The predicted molar refractivity (Wildman–Crippen MR) is 97.5 cm³/mol. The van der Waals surface area contributed by atoms with E-state index in [1.807, 2.05) is 11.1 Å². The van der Waals surface area contributed by atoms with Crippen molar-refractivity contribution >= 4 is 11.9 Å². The SMILES string of the molecule is COC(=O)C(COC(=O)c1ccccc1)ON1C(C)(C)CCCC1(C)C. The fraction of sp³-hybridized carbons (Fsp3) is 0.600. The Balaban J connectivity index is 2.09. The van der Waals surface area contributed by atoms with Crippen LogP contribution in [0.4, 0.5) is 0 Å². The smallest absolute Gasteiger partial charge is 0.340 e. The molecule has 6 heteroatoms. The highest BCUT2D eigenvalue weighted by Crippen LogP contribution is 2.38. The fourth-order valence-corrected chi connectivity index (χ4v) is 3.47. The minimum atomic E-state index is -1.01. The van der Waals surface area contributed by atoms with Gasteiger partial charge in [0.1, 0.15) is 6.61 Å². The van der Waals surface area contributed by atoms with Gasteiger partial charge in [-0.2, -0.15) is 5.06 Å². The van der Waals surface area contributed by atoms with Crippen LogP contribution in [0.2, 0.25) is 0 Å². The molecule has 2 rings (SSSR count). The summed E-state index contributed by atoms with van der Waals surface area (Å²) < 4.78 is 10.1. The van der Waals surface area contributed by atoms with Gasteiger partial charge < -0.3 is 9.47 Å². The molecular weight excluding hydrogens is 334 g/mol. The lowest BCUT2D eigenvalue weighted by atomic mass is 9.82. The minimum absolute atomic E-state index is 0.205. The Morgan fingerprint density at radius 1 is 1.08 bits per heavy atom. The molecule has 1 aromatic rings. The molecule has 144 valence electrons. The predicted octanol–water partition coefficient (Wildman–Crippen LogP) is 3.36. The molecule has 1 aliphatic rings. The van der Waals surface area contributed by atoms with Crippen molar-refractivity contribution in [2.45, 2.75) is 64.1 Å². The third-order valence-electron chi connectivity index (χ3n) is 4.75. The third kappa shape index (κ3) is 4.83. The summed E-state index contributed by atoms with van der Waals surface area (Å²) in [6.07, 6.45) is 1.98. The Kier molecular flexibility index (Phi) is 6.42. The van der Waals surface area contributed by atoms with Crippen molar-refractivity contribution in [3.05, 3.63) is 35.9 Å². The van der Waals surface area contributed by atoms with Gasteiger partial charge in [-0.05, 0) is 59.1 Å². The monoisotopic (exact) mass is 363 g/mol. The van der Waals surface area contributed by atoms with Crippen LogP contribution >= 0.6 is 0 Å². The first kappa shape index (κ1) is 20.4. The van der Waals surface area contributed by atoms with Crippen LogP contribution in [-0.4, -0.2) is 47.9 Å². The van der Waals surface area contributed by atoms with Crippen LogP contribution in [0.1, 0.15) is 57.3 Å². The first-order chi connectivity index (χ1) is 12.2. The van der Waals surface area contributed by atoms with E-state index in [9.17, 15) is 9.59 Å². The summed E-state index contributed by atoms with van der Waals surface area (Å²) in [5, 5.41) is 1.86. The van der Waals surface area contributed by atoms with Gasteiger partial charge in [0, 0.05) is 11.1 Å². The van der Waals surface area contributed by atoms with Crippen LogP contribution in [0.25, 0.3) is 0 Å². The second kappa shape index (κ2) is 8.18. The number of carbonyl (C=O) groups excluding carboxylic acids is 2. The van der Waals surface area contributed by atoms with Crippen LogP contribution in [0, 0.1) is 0 Å². The van der Waals surface area contributed by atoms with Gasteiger partial charge in [0.15, 0.2) is 0 Å². The molecule has 0 N–H and O–H groups in total. The van der Waals surface area contributed by atoms with Crippen molar-refractivity contribution < 1.29 is 23.9 Å². The van der Waals surface area contributed by atoms with Crippen LogP contribution < -0.4 is 0 Å². The zero-order chi connectivity index (χ0) is 19.4. The Hall–Kier alpha value is -1.92. The Morgan fingerprint density at radius 3 is 2.19 bits per heavy atom. The largest absolute Gasteiger partial charge is 0.467 e. The number of esters is 2. The molecule has 1 atom stereocenters. The maximum atomic E-state index is 12.2. The number of nitrogens with zero attached hydrogens (tertiary/aromatic N) is 1. The molecule has 0 saturated carbocycles. The van der Waals surface area contributed by atoms with Crippen LogP contribution in [0.3, 0.4) is 0 Å². The zero-order valence-electron chi connectivity index (χ0n) is 16.3. The maximum absolute atomic E-state index is 12.2. The summed E-state index contributed by atoms with van der Waals surface area (Å²) in [4.78, 5) is 30.4. The average molecular weight is 363 g/mol. The second-order valence-corrected chi connectivity index (χ2v) is 7.85. The van der Waals surface area contributed by atoms with Crippen molar-refractivity contribution in [1.82, 2.24) is 5.06 Å². The summed E-state index contributed by atoms with van der Waals surface area (Å²) in [6.45, 7) is 8.12. The van der Waals surface area contributed by atoms with E-state index in [1.165, 1.54) is 7.11 Å². The molecular formula is C20H29NO5. The van der Waals surface area contributed by atoms with Gasteiger partial charge in [0.25, 0.3) is 0 Å². The molecule has 0 aliphatic carbocycles. The van der Waals surface area contributed by atoms with Crippen LogP contribution in [-0.2, 0) is 19.1 Å². The minimum Gasteiger partial charge on any atom is -0.467 e. The molecule has 0 radical (unpaired) electrons. The van der Waals surface area contributed by atoms with Crippen molar-refractivity contribution in [3.63, 3.8) is 0 Å². The normalized spacial score (nSPS) is 20.2. The van der Waals surface area contributed by atoms with Gasteiger partial charge in [-0.1, -0.05) is 18.2 Å². The topological polar surface area (TPSA) is 65.1 Å². The molecule has 1 unspecified atom stereocenters. The van der Waals surface area contributed by atoms with Crippen molar-refractivity contribution in [2.24, 2.45) is 0 Å². The number of ether oxygens (including phenoxy) is 2. The number of hydrogen-bond acceptors (Lipinski definition) is 6. The molecule has 26 heavy (non-hydrogen) atoms. The number of benzene rings is 1. The molecule has 1 aliphatic heterocycles. The molecule has 0 amide bonds. The van der Waals surface area contributed by atoms with Crippen LogP contribution in [0.5, 0.6) is 0 Å². The molecule has 1 saturated heterocycles. The summed E-state index contributed by atoms with van der Waals surface area (Å²) in [5.74, 6) is -1.07. The van der Waals surface area contributed by atoms with E-state index in [2.05, 4.69) is 27.7 Å². The fourth-order valence-electron chi connectivity index (χ4n) is 3.47. The Bertz CT molecular complexity index is 610. The maximum Gasteiger partial charge on any atom is 0.340 e. The summed E-state index contributed by atoms with van der Waals surface area (Å²) in [5.41, 5.74) is -0.0516. The highest BCUT2D eigenvalue weighted by atomic mass is 16.7. The van der Waals surface area contributed by atoms with E-state index in [0.29, 0.717) is 5.56 Å². The number of rotatable bonds is 6. The van der Waals surface area contributed by atoms with Gasteiger partial charge >= 0.3 is 11.9 Å². The quantitative estimate of drug-likeness (QED) is 0.722. The van der Waals surface area contributed by atoms with Crippen molar-refractivity contribution in [1.29, 1.82) is 0 Å². The zero-order valence-corrected chi connectivity index (χ0v) is 16.3. The number of methoxy groups -OCH3 is 1. The van der Waals surface area contributed by atoms with E-state index in [0.717, 1.165) is 19.3 Å². The van der Waals surface area contributed by atoms with E-state index >= 15 is 0 Å². The van der Waals surface area contributed by atoms with Gasteiger partial charge in [-0.15, -0.1) is 0 Å². The molecule has 0 spiro atoms. The third-order valence-corrected chi connectivity index (χ3v) is 4.75. The summed E-state index contributed by atoms with van der Waals surface area (Å²) >= 11 is 0. The Labute approximate surface area is 155 Å². The van der Waals surface area contributed by atoms with Gasteiger partial charge in [0.05, 0.1) is 12.7 Å². The molecule has 0 bridgehead atoms. The highest BCUT2D eigenvalue weighted by molar-refractivity contribution is 5.89. The van der Waals surface area contributed by atoms with E-state index < -0.39 is 18.0 Å². The first-order valence-electron chi connectivity index (χ1n) is 8.94. The lowest BCUT2D eigenvalue weighted by Crippen LogP contribution is -2.60. The molecule has 1 aromatic carbocycles. The molecule has 1 heterocycles. The number of hydroxylamine groups is 2. The lowest BCUT2D eigenvalue weighted by Gasteiger charge is -2.51. The van der Waals surface area contributed by atoms with Gasteiger partial charge in [0.2, 0.25) is 6.10 Å². The van der Waals surface area contributed by atoms with E-state index in [-0.39, 0.29) is 17.7 Å². The Morgan fingerprint density at radius 2 is 1.65 bits per heavy atom.